The molecule has 1 aliphatic heterocycles. The lowest BCUT2D eigenvalue weighted by molar-refractivity contribution is -0.172. The minimum Gasteiger partial charge on any atom is -0.449 e. The van der Waals surface area contributed by atoms with Crippen LogP contribution in [-0.2, 0) is 15.3 Å². The molecule has 2 atom stereocenters. The normalized spacial score (nSPS) is 32.4. The van der Waals surface area contributed by atoms with Crippen LogP contribution in [0.1, 0.15) is 12.7 Å². The summed E-state index contributed by atoms with van der Waals surface area (Å²) in [4.78, 5) is 0. The highest BCUT2D eigenvalue weighted by atomic mass is 79.9. The van der Waals surface area contributed by atoms with E-state index in [4.69, 9.17) is 25.5 Å². The van der Waals surface area contributed by atoms with Crippen LogP contribution in [0.25, 0.3) is 0 Å². The van der Waals surface area contributed by atoms with E-state index in [1.54, 1.807) is 6.07 Å². The van der Waals surface area contributed by atoms with Gasteiger partial charge in [-0.15, -0.1) is 11.6 Å². The van der Waals surface area contributed by atoms with Crippen molar-refractivity contribution in [3.05, 3.63) is 22.6 Å². The van der Waals surface area contributed by atoms with Gasteiger partial charge in [0.2, 0.25) is 5.79 Å². The number of alkyl halides is 1. The minimum atomic E-state index is -0.800. The first kappa shape index (κ1) is 10.5. The quantitative estimate of drug-likeness (QED) is 0.781. The molecule has 3 nitrogen and oxygen atoms in total. The largest absolute Gasteiger partial charge is 0.449 e. The van der Waals surface area contributed by atoms with Gasteiger partial charge in [0.05, 0.1) is 18.6 Å². The Hall–Kier alpha value is -0.0300. The van der Waals surface area contributed by atoms with Crippen molar-refractivity contribution in [3.63, 3.8) is 0 Å². The molecule has 1 saturated heterocycles. The van der Waals surface area contributed by atoms with Gasteiger partial charge in [-0.1, -0.05) is 0 Å². The monoisotopic (exact) mass is 280 g/mol. The summed E-state index contributed by atoms with van der Waals surface area (Å²) < 4.78 is 17.2. The third-order valence-electron chi connectivity index (χ3n) is 2.13. The van der Waals surface area contributed by atoms with Crippen molar-refractivity contribution in [1.82, 2.24) is 0 Å². The number of halogens is 2. The van der Waals surface area contributed by atoms with E-state index in [-0.39, 0.29) is 6.10 Å². The summed E-state index contributed by atoms with van der Waals surface area (Å²) in [7, 11) is 0. The topological polar surface area (TPSA) is 31.6 Å². The zero-order valence-electron chi connectivity index (χ0n) is 7.63. The fourth-order valence-corrected chi connectivity index (χ4v) is 1.86. The van der Waals surface area contributed by atoms with Gasteiger partial charge in [-0.25, -0.2) is 0 Å². The maximum absolute atomic E-state index is 5.68. The number of rotatable bonds is 2. The summed E-state index contributed by atoms with van der Waals surface area (Å²) in [6.45, 7) is 2.32. The predicted molar refractivity (Wildman–Crippen MR) is 55.3 cm³/mol. The van der Waals surface area contributed by atoms with Crippen LogP contribution in [0.2, 0.25) is 0 Å². The number of ether oxygens (including phenoxy) is 2. The van der Waals surface area contributed by atoms with Crippen molar-refractivity contribution in [2.75, 3.05) is 12.5 Å². The first-order chi connectivity index (χ1) is 6.64. The zero-order valence-corrected chi connectivity index (χ0v) is 9.97. The highest BCUT2D eigenvalue weighted by Crippen LogP contribution is 2.35. The Balaban J connectivity index is 2.18. The Labute approximate surface area is 95.4 Å². The van der Waals surface area contributed by atoms with Gasteiger partial charge in [-0.05, 0) is 35.0 Å². The highest BCUT2D eigenvalue weighted by molar-refractivity contribution is 9.10. The lowest BCUT2D eigenvalue weighted by Crippen LogP contribution is -2.23. The van der Waals surface area contributed by atoms with Gasteiger partial charge >= 0.3 is 0 Å². The molecule has 0 saturated carbocycles. The second-order valence-electron chi connectivity index (χ2n) is 3.25. The number of hydrogen-bond acceptors (Lipinski definition) is 3. The minimum absolute atomic E-state index is 0.0643. The Morgan fingerprint density at radius 3 is 2.93 bits per heavy atom. The van der Waals surface area contributed by atoms with Gasteiger partial charge in [0, 0.05) is 0 Å². The van der Waals surface area contributed by atoms with Crippen molar-refractivity contribution >= 4 is 27.5 Å². The molecule has 0 N–H and O–H groups in total. The molecule has 2 unspecified atom stereocenters. The van der Waals surface area contributed by atoms with Gasteiger partial charge in [0.15, 0.2) is 10.4 Å². The third kappa shape index (κ3) is 1.84. The van der Waals surface area contributed by atoms with Crippen LogP contribution in [0.5, 0.6) is 0 Å². The Morgan fingerprint density at radius 2 is 2.43 bits per heavy atom. The summed E-state index contributed by atoms with van der Waals surface area (Å²) in [6.07, 6.45) is -0.0643. The van der Waals surface area contributed by atoms with Crippen LogP contribution in [-0.4, -0.2) is 18.6 Å². The van der Waals surface area contributed by atoms with E-state index in [1.807, 2.05) is 13.0 Å². The molecule has 1 aromatic heterocycles. The summed E-state index contributed by atoms with van der Waals surface area (Å²) in [5.41, 5.74) is 0. The molecule has 78 valence electrons. The average molecular weight is 282 g/mol. The molecule has 2 heterocycles. The van der Waals surface area contributed by atoms with Crippen molar-refractivity contribution in [1.29, 1.82) is 0 Å². The van der Waals surface area contributed by atoms with E-state index in [0.717, 1.165) is 0 Å². The third-order valence-corrected chi connectivity index (χ3v) is 2.90. The van der Waals surface area contributed by atoms with Crippen LogP contribution in [0, 0.1) is 0 Å². The Morgan fingerprint density at radius 1 is 1.64 bits per heavy atom. The second-order valence-corrected chi connectivity index (χ2v) is 4.34. The number of furan rings is 1. The van der Waals surface area contributed by atoms with Gasteiger partial charge in [0.1, 0.15) is 0 Å². The Bertz CT molecular complexity index is 328. The van der Waals surface area contributed by atoms with Crippen molar-refractivity contribution in [2.45, 2.75) is 18.8 Å². The molecule has 1 fully saturated rings. The fraction of sp³-hybridized carbons (Fsp3) is 0.556. The molecule has 0 aromatic carbocycles. The van der Waals surface area contributed by atoms with Crippen LogP contribution < -0.4 is 0 Å². The maximum atomic E-state index is 5.68. The maximum Gasteiger partial charge on any atom is 0.225 e. The first-order valence-electron chi connectivity index (χ1n) is 4.27. The highest BCUT2D eigenvalue weighted by Gasteiger charge is 2.41. The molecule has 0 aliphatic carbocycles. The van der Waals surface area contributed by atoms with Crippen molar-refractivity contribution in [3.8, 4) is 0 Å². The zero-order chi connectivity index (χ0) is 10.2. The van der Waals surface area contributed by atoms with Crippen LogP contribution in [0.4, 0.5) is 0 Å². The molecule has 1 aromatic rings. The van der Waals surface area contributed by atoms with Gasteiger partial charge in [0.25, 0.3) is 0 Å². The van der Waals surface area contributed by atoms with Crippen LogP contribution in [0.3, 0.4) is 0 Å². The molecule has 1 aliphatic rings. The van der Waals surface area contributed by atoms with Crippen LogP contribution >= 0.6 is 27.5 Å². The molecule has 0 radical (unpaired) electrons. The van der Waals surface area contributed by atoms with Gasteiger partial charge in [-0.2, -0.15) is 0 Å². The standard InChI is InChI=1S/C9H10BrClO3/c1-9(7-2-3-8(10)13-7)12-5-6(4-11)14-9/h2-3,6H,4-5H2,1H3. The summed E-state index contributed by atoms with van der Waals surface area (Å²) in [6, 6.07) is 3.63. The summed E-state index contributed by atoms with van der Waals surface area (Å²) >= 11 is 8.91. The average Bonchev–Trinajstić information content (AvgIpc) is 2.73. The fourth-order valence-electron chi connectivity index (χ4n) is 1.40. The molecule has 2 rings (SSSR count). The lowest BCUT2D eigenvalue weighted by atomic mass is 10.2. The van der Waals surface area contributed by atoms with E-state index in [0.29, 0.717) is 22.9 Å². The van der Waals surface area contributed by atoms with Gasteiger partial charge in [-0.3, -0.25) is 0 Å². The molecule has 5 heteroatoms. The second kappa shape index (κ2) is 3.85. The molecule has 0 amide bonds. The summed E-state index contributed by atoms with van der Waals surface area (Å²) in [5.74, 6) is 0.278. The summed E-state index contributed by atoms with van der Waals surface area (Å²) in [5, 5.41) is 0. The molecule has 0 bridgehead atoms. The predicted octanol–water partition coefficient (Wildman–Crippen LogP) is 2.87. The van der Waals surface area contributed by atoms with Crippen molar-refractivity contribution < 1.29 is 13.9 Å². The van der Waals surface area contributed by atoms with Crippen molar-refractivity contribution in [2.24, 2.45) is 0 Å². The smallest absolute Gasteiger partial charge is 0.225 e. The Kier molecular flexibility index (Phi) is 2.88. The van der Waals surface area contributed by atoms with Gasteiger partial charge < -0.3 is 13.9 Å². The molecular formula is C9H10BrClO3. The van der Waals surface area contributed by atoms with Crippen LogP contribution in [0.15, 0.2) is 21.2 Å². The van der Waals surface area contributed by atoms with E-state index in [1.165, 1.54) is 0 Å². The van der Waals surface area contributed by atoms with E-state index in [2.05, 4.69) is 15.9 Å². The van der Waals surface area contributed by atoms with E-state index >= 15 is 0 Å². The molecule has 0 spiro atoms. The van der Waals surface area contributed by atoms with E-state index in [9.17, 15) is 0 Å². The van der Waals surface area contributed by atoms with E-state index < -0.39 is 5.79 Å². The first-order valence-corrected chi connectivity index (χ1v) is 5.60. The molecule has 14 heavy (non-hydrogen) atoms. The number of hydrogen-bond donors (Lipinski definition) is 0. The molecular weight excluding hydrogens is 271 g/mol. The SMILES string of the molecule is CC1(c2ccc(Br)o2)OCC(CCl)O1. The lowest BCUT2D eigenvalue weighted by Gasteiger charge is -2.19.